The molecule has 9 heteroatoms. The van der Waals surface area contributed by atoms with Gasteiger partial charge in [-0.2, -0.15) is 0 Å². The maximum absolute atomic E-state index is 12.4. The van der Waals surface area contributed by atoms with Crippen molar-refractivity contribution in [3.63, 3.8) is 0 Å². The average Bonchev–Trinajstić information content (AvgIpc) is 3.08. The molecule has 0 saturated heterocycles. The number of carbonyl (C=O) groups is 1. The Morgan fingerprint density at radius 3 is 2.67 bits per heavy atom. The van der Waals surface area contributed by atoms with E-state index in [1.807, 2.05) is 13.0 Å². The number of nitrogens with one attached hydrogen (secondary N) is 1. The summed E-state index contributed by atoms with van der Waals surface area (Å²) in [6, 6.07) is 3.89. The highest BCUT2D eigenvalue weighted by atomic mass is 19.3. The summed E-state index contributed by atoms with van der Waals surface area (Å²) in [5, 5.41) is 3.13. The van der Waals surface area contributed by atoms with Crippen molar-refractivity contribution in [2.24, 2.45) is 5.92 Å². The number of amides is 1. The van der Waals surface area contributed by atoms with Gasteiger partial charge in [-0.05, 0) is 69.6 Å². The molecule has 0 radical (unpaired) electrons. The minimum absolute atomic E-state index is 0.0699. The van der Waals surface area contributed by atoms with Gasteiger partial charge in [-0.25, -0.2) is 23.7 Å². The Hall–Kier alpha value is -2.94. The molecule has 0 unspecified atom stereocenters. The summed E-state index contributed by atoms with van der Waals surface area (Å²) in [7, 11) is 0. The van der Waals surface area contributed by atoms with Crippen LogP contribution >= 0.6 is 0 Å². The number of hydrogen-bond acceptors (Lipinski definition) is 6. The van der Waals surface area contributed by atoms with Crippen LogP contribution in [0.5, 0.6) is 5.88 Å². The number of carbonyl (C=O) groups excluding carboxylic acids is 1. The second kappa shape index (κ2) is 12.9. The molecule has 1 saturated carbocycles. The summed E-state index contributed by atoms with van der Waals surface area (Å²) in [6.07, 6.45) is 11.4. The van der Waals surface area contributed by atoms with Crippen LogP contribution in [0.1, 0.15) is 54.7 Å². The lowest BCUT2D eigenvalue weighted by Crippen LogP contribution is -2.37. The monoisotopic (exact) mass is 499 g/mol. The molecule has 36 heavy (non-hydrogen) atoms. The number of ether oxygens (including phenoxy) is 1. The van der Waals surface area contributed by atoms with Crippen LogP contribution in [0.25, 0.3) is 6.08 Å². The maximum atomic E-state index is 12.4. The molecule has 1 N–H and O–H groups in total. The summed E-state index contributed by atoms with van der Waals surface area (Å²) < 4.78 is 29.9. The molecule has 3 heterocycles. The minimum atomic E-state index is -2.50. The highest BCUT2D eigenvalue weighted by Crippen LogP contribution is 2.27. The third-order valence-corrected chi connectivity index (χ3v) is 7.04. The first-order chi connectivity index (χ1) is 17.4. The molecule has 1 aliphatic heterocycles. The molecule has 2 aromatic rings. The number of aromatic nitrogens is 3. The molecule has 0 bridgehead atoms. The quantitative estimate of drug-likeness (QED) is 0.526. The van der Waals surface area contributed by atoms with Crippen LogP contribution in [0, 0.1) is 12.8 Å². The van der Waals surface area contributed by atoms with Crippen LogP contribution in [0.2, 0.25) is 0 Å². The summed E-state index contributed by atoms with van der Waals surface area (Å²) in [4.78, 5) is 27.5. The molecule has 2 aliphatic rings. The van der Waals surface area contributed by atoms with Crippen LogP contribution < -0.4 is 10.1 Å². The zero-order valence-electron chi connectivity index (χ0n) is 20.8. The smallest absolute Gasteiger partial charge is 0.272 e. The van der Waals surface area contributed by atoms with Crippen molar-refractivity contribution >= 4 is 12.0 Å². The molecule has 0 atom stereocenters. The van der Waals surface area contributed by atoms with E-state index < -0.39 is 13.0 Å². The number of alkyl halides is 2. The number of pyridine rings is 1. The van der Waals surface area contributed by atoms with Gasteiger partial charge in [-0.1, -0.05) is 6.07 Å². The Labute approximate surface area is 211 Å². The Morgan fingerprint density at radius 1 is 1.17 bits per heavy atom. The molecular weight excluding hydrogens is 464 g/mol. The van der Waals surface area contributed by atoms with Gasteiger partial charge in [0.05, 0.1) is 0 Å². The molecule has 2 aromatic heterocycles. The molecule has 1 aliphatic carbocycles. The normalized spacial score (nSPS) is 20.8. The predicted octanol–water partition coefficient (Wildman–Crippen LogP) is 4.00. The lowest BCUT2D eigenvalue weighted by Gasteiger charge is -2.30. The molecule has 194 valence electrons. The third-order valence-electron chi connectivity index (χ3n) is 7.04. The first-order valence-electron chi connectivity index (χ1n) is 12.8. The van der Waals surface area contributed by atoms with Gasteiger partial charge in [0.15, 0.2) is 6.61 Å². The van der Waals surface area contributed by atoms with Crippen molar-refractivity contribution < 1.29 is 18.3 Å². The molecule has 1 fully saturated rings. The third kappa shape index (κ3) is 8.05. The molecule has 0 spiro atoms. The van der Waals surface area contributed by atoms with Gasteiger partial charge in [0.1, 0.15) is 5.82 Å². The number of hydrogen-bond donors (Lipinski definition) is 1. The SMILES string of the molecule is Cc1ncc(/C=C/C(=O)N[C@H]2CC[C@H](CCN3CCc4ccc(OCC(F)F)nc4CC3)CC2)cn1. The first-order valence-corrected chi connectivity index (χ1v) is 12.8. The van der Waals surface area contributed by atoms with Crippen LogP contribution in [0.15, 0.2) is 30.6 Å². The summed E-state index contributed by atoms with van der Waals surface area (Å²) in [5.41, 5.74) is 2.96. The number of rotatable bonds is 9. The topological polar surface area (TPSA) is 80.2 Å². The molecule has 4 rings (SSSR count). The van der Waals surface area contributed by atoms with Crippen molar-refractivity contribution in [3.8, 4) is 5.88 Å². The van der Waals surface area contributed by atoms with Gasteiger partial charge in [-0.3, -0.25) is 4.79 Å². The van der Waals surface area contributed by atoms with Crippen molar-refractivity contribution in [1.82, 2.24) is 25.2 Å². The number of fused-ring (bicyclic) bond motifs is 1. The van der Waals surface area contributed by atoms with Gasteiger partial charge < -0.3 is 15.0 Å². The van der Waals surface area contributed by atoms with E-state index in [1.165, 1.54) is 5.56 Å². The number of aryl methyl sites for hydroxylation is 1. The van der Waals surface area contributed by atoms with E-state index >= 15 is 0 Å². The van der Waals surface area contributed by atoms with Crippen LogP contribution in [-0.2, 0) is 17.6 Å². The van der Waals surface area contributed by atoms with E-state index in [4.69, 9.17) is 4.74 Å². The van der Waals surface area contributed by atoms with Crippen LogP contribution in [-0.4, -0.2) is 64.5 Å². The van der Waals surface area contributed by atoms with Crippen LogP contribution in [0.3, 0.4) is 0 Å². The standard InChI is InChI=1S/C27H35F2N5O2/c1-19-30-16-21(17-31-19)4-8-26(35)32-23-6-2-20(3-7-23)10-13-34-14-11-22-5-9-27(36-18-25(28)29)33-24(22)12-15-34/h4-5,8-9,16-17,20,23,25H,2-3,6-7,10-15,18H2,1H3,(H,32,35)/b8-4+/t20-,23-. The van der Waals surface area contributed by atoms with Crippen molar-refractivity contribution in [2.45, 2.75) is 64.3 Å². The maximum Gasteiger partial charge on any atom is 0.272 e. The van der Waals surface area contributed by atoms with Gasteiger partial charge in [0, 0.05) is 61.3 Å². The van der Waals surface area contributed by atoms with Crippen LogP contribution in [0.4, 0.5) is 8.78 Å². The van der Waals surface area contributed by atoms with Crippen molar-refractivity contribution in [2.75, 3.05) is 26.2 Å². The lowest BCUT2D eigenvalue weighted by atomic mass is 9.84. The minimum Gasteiger partial charge on any atom is -0.472 e. The zero-order valence-corrected chi connectivity index (χ0v) is 20.8. The zero-order chi connectivity index (χ0) is 25.3. The lowest BCUT2D eigenvalue weighted by molar-refractivity contribution is -0.117. The van der Waals surface area contributed by atoms with E-state index in [2.05, 4.69) is 25.2 Å². The number of nitrogens with zero attached hydrogens (tertiary/aromatic N) is 4. The Balaban J connectivity index is 1.15. The highest BCUT2D eigenvalue weighted by molar-refractivity contribution is 5.91. The van der Waals surface area contributed by atoms with Gasteiger partial charge in [-0.15, -0.1) is 0 Å². The molecular formula is C27H35F2N5O2. The van der Waals surface area contributed by atoms with E-state index in [9.17, 15) is 13.6 Å². The van der Waals surface area contributed by atoms with E-state index in [1.54, 1.807) is 30.6 Å². The molecule has 1 amide bonds. The summed E-state index contributed by atoms with van der Waals surface area (Å²) >= 11 is 0. The van der Waals surface area contributed by atoms with Crippen molar-refractivity contribution in [3.05, 3.63) is 53.2 Å². The Bertz CT molecular complexity index is 1020. The van der Waals surface area contributed by atoms with Gasteiger partial charge in [0.2, 0.25) is 11.8 Å². The van der Waals surface area contributed by atoms with E-state index in [0.29, 0.717) is 11.7 Å². The fourth-order valence-corrected chi connectivity index (χ4v) is 4.93. The highest BCUT2D eigenvalue weighted by Gasteiger charge is 2.23. The predicted molar refractivity (Wildman–Crippen MR) is 134 cm³/mol. The second-order valence-electron chi connectivity index (χ2n) is 9.71. The number of halogens is 2. The average molecular weight is 500 g/mol. The Morgan fingerprint density at radius 2 is 1.92 bits per heavy atom. The second-order valence-corrected chi connectivity index (χ2v) is 9.71. The summed E-state index contributed by atoms with van der Waals surface area (Å²) in [5.74, 6) is 1.60. The first kappa shape index (κ1) is 26.1. The Kier molecular flexibility index (Phi) is 9.33. The molecule has 0 aromatic carbocycles. The van der Waals surface area contributed by atoms with E-state index in [-0.39, 0.29) is 17.8 Å². The fraction of sp³-hybridized carbons (Fsp3) is 0.556. The molecule has 7 nitrogen and oxygen atoms in total. The van der Waals surface area contributed by atoms with Gasteiger partial charge >= 0.3 is 0 Å². The van der Waals surface area contributed by atoms with Gasteiger partial charge in [0.25, 0.3) is 6.43 Å². The summed E-state index contributed by atoms with van der Waals surface area (Å²) in [6.45, 7) is 4.16. The van der Waals surface area contributed by atoms with E-state index in [0.717, 1.165) is 75.8 Å². The largest absolute Gasteiger partial charge is 0.472 e. The fourth-order valence-electron chi connectivity index (χ4n) is 4.93. The van der Waals surface area contributed by atoms with Crippen molar-refractivity contribution in [1.29, 1.82) is 0 Å².